The van der Waals surface area contributed by atoms with Gasteiger partial charge in [0.25, 0.3) is 5.91 Å². The predicted molar refractivity (Wildman–Crippen MR) is 102 cm³/mol. The van der Waals surface area contributed by atoms with Gasteiger partial charge in [-0.05, 0) is 31.5 Å². The Labute approximate surface area is 156 Å². The van der Waals surface area contributed by atoms with Crippen LogP contribution >= 0.6 is 11.6 Å². The van der Waals surface area contributed by atoms with Crippen LogP contribution in [0.4, 0.5) is 5.69 Å². The Balaban J connectivity index is 1.99. The van der Waals surface area contributed by atoms with Crippen LogP contribution in [0.15, 0.2) is 40.8 Å². The molecule has 0 radical (unpaired) electrons. The molecule has 6 heteroatoms. The van der Waals surface area contributed by atoms with Crippen LogP contribution in [0.3, 0.4) is 0 Å². The summed E-state index contributed by atoms with van der Waals surface area (Å²) >= 11 is 6.13. The zero-order valence-corrected chi connectivity index (χ0v) is 15.6. The van der Waals surface area contributed by atoms with E-state index in [0.29, 0.717) is 35.3 Å². The first-order valence-electron chi connectivity index (χ1n) is 8.28. The molecule has 1 amide bonds. The smallest absolute Gasteiger partial charge is 0.291 e. The zero-order chi connectivity index (χ0) is 18.7. The van der Waals surface area contributed by atoms with Gasteiger partial charge in [0.1, 0.15) is 11.3 Å². The summed E-state index contributed by atoms with van der Waals surface area (Å²) in [5, 5.41) is 4.29. The molecule has 0 aliphatic carbocycles. The van der Waals surface area contributed by atoms with Gasteiger partial charge >= 0.3 is 0 Å². The van der Waals surface area contributed by atoms with Crippen molar-refractivity contribution < 1.29 is 18.7 Å². The van der Waals surface area contributed by atoms with E-state index in [0.717, 1.165) is 16.5 Å². The average Bonchev–Trinajstić information content (AvgIpc) is 3.01. The molecule has 1 N–H and O–H groups in total. The minimum Gasteiger partial charge on any atom is -0.495 e. The second kappa shape index (κ2) is 7.81. The van der Waals surface area contributed by atoms with Crippen LogP contribution in [0, 0.1) is 6.92 Å². The highest BCUT2D eigenvalue weighted by molar-refractivity contribution is 6.31. The molecule has 0 fully saturated rings. The van der Waals surface area contributed by atoms with Gasteiger partial charge < -0.3 is 19.2 Å². The first-order valence-corrected chi connectivity index (χ1v) is 8.66. The fraction of sp³-hybridized carbons (Fsp3) is 0.250. The van der Waals surface area contributed by atoms with Crippen LogP contribution in [0.1, 0.15) is 28.6 Å². The summed E-state index contributed by atoms with van der Waals surface area (Å²) in [4.78, 5) is 12.9. The number of fused-ring (bicyclic) bond motifs is 1. The number of para-hydroxylation sites is 1. The summed E-state index contributed by atoms with van der Waals surface area (Å²) in [6, 6.07) is 11.0. The molecule has 0 aliphatic rings. The number of hydrogen-bond donors (Lipinski definition) is 1. The Morgan fingerprint density at radius 2 is 2.04 bits per heavy atom. The lowest BCUT2D eigenvalue weighted by molar-refractivity contribution is 0.0984. The number of rotatable bonds is 6. The molecular formula is C20H20ClNO4. The van der Waals surface area contributed by atoms with E-state index in [1.807, 2.05) is 38.1 Å². The maximum Gasteiger partial charge on any atom is 0.291 e. The monoisotopic (exact) mass is 373 g/mol. The molecule has 26 heavy (non-hydrogen) atoms. The number of carbonyl (C=O) groups is 1. The molecular weight excluding hydrogens is 354 g/mol. The Hall–Kier alpha value is -2.50. The van der Waals surface area contributed by atoms with Gasteiger partial charge in [0.15, 0.2) is 5.76 Å². The maximum atomic E-state index is 12.9. The molecule has 0 atom stereocenters. The fourth-order valence-electron chi connectivity index (χ4n) is 2.74. The number of amides is 1. The van der Waals surface area contributed by atoms with Crippen molar-refractivity contribution >= 4 is 34.2 Å². The van der Waals surface area contributed by atoms with Crippen molar-refractivity contribution in [3.05, 3.63) is 58.3 Å². The van der Waals surface area contributed by atoms with Crippen molar-refractivity contribution in [2.24, 2.45) is 0 Å². The quantitative estimate of drug-likeness (QED) is 0.645. The van der Waals surface area contributed by atoms with Crippen LogP contribution in [-0.4, -0.2) is 19.6 Å². The van der Waals surface area contributed by atoms with Crippen LogP contribution in [0.2, 0.25) is 5.02 Å². The number of ether oxygens (including phenoxy) is 2. The lowest BCUT2D eigenvalue weighted by Crippen LogP contribution is -2.14. The normalized spacial score (nSPS) is 10.9. The Bertz CT molecular complexity index is 948. The molecule has 1 heterocycles. The van der Waals surface area contributed by atoms with Gasteiger partial charge in [-0.25, -0.2) is 0 Å². The zero-order valence-electron chi connectivity index (χ0n) is 14.9. The minimum absolute atomic E-state index is 0.231. The standard InChI is InChI=1S/C20H20ClNO4/c1-4-25-11-14-13-7-5-6-8-17(13)26-19(14)20(23)22-16-9-12(2)15(21)10-18(16)24-3/h5-10H,4,11H2,1-3H3,(H,22,23). The summed E-state index contributed by atoms with van der Waals surface area (Å²) in [6.07, 6.45) is 0. The minimum atomic E-state index is -0.365. The number of methoxy groups -OCH3 is 1. The van der Waals surface area contributed by atoms with Gasteiger partial charge in [-0.2, -0.15) is 0 Å². The third-order valence-electron chi connectivity index (χ3n) is 4.08. The number of aryl methyl sites for hydroxylation is 1. The van der Waals surface area contributed by atoms with E-state index < -0.39 is 0 Å². The number of carbonyl (C=O) groups excluding carboxylic acids is 1. The van der Waals surface area contributed by atoms with E-state index in [1.54, 1.807) is 12.1 Å². The number of furan rings is 1. The van der Waals surface area contributed by atoms with Crippen LogP contribution < -0.4 is 10.1 Å². The molecule has 1 aromatic heterocycles. The van der Waals surface area contributed by atoms with Crippen molar-refractivity contribution in [3.8, 4) is 5.75 Å². The molecule has 0 spiro atoms. The molecule has 3 rings (SSSR count). The molecule has 0 saturated carbocycles. The number of nitrogens with one attached hydrogen (secondary N) is 1. The lowest BCUT2D eigenvalue weighted by atomic mass is 10.1. The number of anilines is 1. The van der Waals surface area contributed by atoms with Crippen LogP contribution in [-0.2, 0) is 11.3 Å². The predicted octanol–water partition coefficient (Wildman–Crippen LogP) is 5.19. The molecule has 5 nitrogen and oxygen atoms in total. The molecule has 2 aromatic carbocycles. The molecule has 0 bridgehead atoms. The van der Waals surface area contributed by atoms with E-state index in [1.165, 1.54) is 7.11 Å². The second-order valence-corrected chi connectivity index (χ2v) is 6.21. The highest BCUT2D eigenvalue weighted by atomic mass is 35.5. The summed E-state index contributed by atoms with van der Waals surface area (Å²) < 4.78 is 16.6. The lowest BCUT2D eigenvalue weighted by Gasteiger charge is -2.12. The van der Waals surface area contributed by atoms with Crippen molar-refractivity contribution in [1.82, 2.24) is 0 Å². The fourth-order valence-corrected chi connectivity index (χ4v) is 2.89. The van der Waals surface area contributed by atoms with E-state index >= 15 is 0 Å². The van der Waals surface area contributed by atoms with Crippen molar-refractivity contribution in [3.63, 3.8) is 0 Å². The molecule has 3 aromatic rings. The van der Waals surface area contributed by atoms with Crippen molar-refractivity contribution in [2.75, 3.05) is 19.0 Å². The number of benzene rings is 2. The van der Waals surface area contributed by atoms with E-state index in [2.05, 4.69) is 5.32 Å². The van der Waals surface area contributed by atoms with Gasteiger partial charge in [0.05, 0.1) is 19.4 Å². The topological polar surface area (TPSA) is 60.7 Å². The van der Waals surface area contributed by atoms with Crippen LogP contribution in [0.5, 0.6) is 5.75 Å². The van der Waals surface area contributed by atoms with Crippen molar-refractivity contribution in [1.29, 1.82) is 0 Å². The first-order chi connectivity index (χ1) is 12.5. The van der Waals surface area contributed by atoms with Gasteiger partial charge in [-0.1, -0.05) is 29.8 Å². The number of halogens is 1. The SMILES string of the molecule is CCOCc1c(C(=O)Nc2cc(C)c(Cl)cc2OC)oc2ccccc12. The molecule has 0 unspecified atom stereocenters. The summed E-state index contributed by atoms with van der Waals surface area (Å²) in [7, 11) is 1.53. The van der Waals surface area contributed by atoms with Gasteiger partial charge in [-0.15, -0.1) is 0 Å². The molecule has 0 saturated heterocycles. The maximum absolute atomic E-state index is 12.9. The summed E-state index contributed by atoms with van der Waals surface area (Å²) in [5.74, 6) is 0.349. The van der Waals surface area contributed by atoms with E-state index in [9.17, 15) is 4.79 Å². The summed E-state index contributed by atoms with van der Waals surface area (Å²) in [5.41, 5.74) is 2.74. The summed E-state index contributed by atoms with van der Waals surface area (Å²) in [6.45, 7) is 4.61. The first kappa shape index (κ1) is 18.3. The highest BCUT2D eigenvalue weighted by Crippen LogP contribution is 2.32. The third-order valence-corrected chi connectivity index (χ3v) is 4.49. The average molecular weight is 374 g/mol. The second-order valence-electron chi connectivity index (χ2n) is 5.80. The van der Waals surface area contributed by atoms with Gasteiger partial charge in [-0.3, -0.25) is 4.79 Å². The molecule has 0 aliphatic heterocycles. The van der Waals surface area contributed by atoms with E-state index in [4.69, 9.17) is 25.5 Å². The molecule has 136 valence electrons. The third kappa shape index (κ3) is 3.54. The van der Waals surface area contributed by atoms with Crippen LogP contribution in [0.25, 0.3) is 11.0 Å². The Morgan fingerprint density at radius 3 is 2.77 bits per heavy atom. The van der Waals surface area contributed by atoms with Crippen molar-refractivity contribution in [2.45, 2.75) is 20.5 Å². The van der Waals surface area contributed by atoms with Gasteiger partial charge in [0, 0.05) is 28.6 Å². The Kier molecular flexibility index (Phi) is 5.49. The van der Waals surface area contributed by atoms with Gasteiger partial charge in [0.2, 0.25) is 0 Å². The largest absolute Gasteiger partial charge is 0.495 e. The Morgan fingerprint density at radius 1 is 1.27 bits per heavy atom. The highest BCUT2D eigenvalue weighted by Gasteiger charge is 2.22. The van der Waals surface area contributed by atoms with E-state index in [-0.39, 0.29) is 11.7 Å². The number of hydrogen-bond acceptors (Lipinski definition) is 4.